The van der Waals surface area contributed by atoms with Crippen LogP contribution in [0, 0.1) is 0 Å². The Labute approximate surface area is 127 Å². The number of aromatic nitrogens is 1. The van der Waals surface area contributed by atoms with E-state index in [0.29, 0.717) is 11.6 Å². The summed E-state index contributed by atoms with van der Waals surface area (Å²) >= 11 is 12.0. The Kier molecular flexibility index (Phi) is 3.70. The van der Waals surface area contributed by atoms with Gasteiger partial charge in [-0.1, -0.05) is 41.4 Å². The molecule has 1 N–H and O–H groups in total. The first kappa shape index (κ1) is 13.5. The lowest BCUT2D eigenvalue weighted by Gasteiger charge is -2.06. The van der Waals surface area contributed by atoms with Crippen molar-refractivity contribution in [3.05, 3.63) is 69.8 Å². The third-order valence-electron chi connectivity index (χ3n) is 3.36. The van der Waals surface area contributed by atoms with Crippen molar-refractivity contribution in [3.63, 3.8) is 0 Å². The number of aliphatic hydroxyl groups is 1. The molecular formula is C16H13Cl2NO. The standard InChI is InChI=1S/C16H13Cl2NO/c17-13-3-1-11(2-4-13)8-19-9-12(10-20)15-6-5-14(18)7-16(15)19/h1-7,9,20H,8,10H2. The van der Waals surface area contributed by atoms with Gasteiger partial charge in [0.05, 0.1) is 12.1 Å². The molecule has 0 aliphatic rings. The van der Waals surface area contributed by atoms with Crippen molar-refractivity contribution in [1.82, 2.24) is 4.57 Å². The minimum atomic E-state index is 0.0196. The number of aliphatic hydroxyl groups excluding tert-OH is 1. The molecule has 0 aliphatic heterocycles. The summed E-state index contributed by atoms with van der Waals surface area (Å²) in [6.07, 6.45) is 1.97. The molecule has 1 aromatic heterocycles. The molecule has 3 rings (SSSR count). The van der Waals surface area contributed by atoms with Crippen LogP contribution in [0.1, 0.15) is 11.1 Å². The van der Waals surface area contributed by atoms with Crippen LogP contribution in [0.4, 0.5) is 0 Å². The molecule has 0 amide bonds. The predicted molar refractivity (Wildman–Crippen MR) is 83.4 cm³/mol. The minimum absolute atomic E-state index is 0.0196. The molecule has 3 aromatic rings. The van der Waals surface area contributed by atoms with E-state index in [1.165, 1.54) is 0 Å². The first-order valence-electron chi connectivity index (χ1n) is 6.30. The number of hydrogen-bond donors (Lipinski definition) is 1. The van der Waals surface area contributed by atoms with Crippen LogP contribution in [-0.2, 0) is 13.2 Å². The molecule has 0 saturated heterocycles. The highest BCUT2D eigenvalue weighted by Gasteiger charge is 2.08. The van der Waals surface area contributed by atoms with E-state index >= 15 is 0 Å². The monoisotopic (exact) mass is 305 g/mol. The minimum Gasteiger partial charge on any atom is -0.392 e. The third-order valence-corrected chi connectivity index (χ3v) is 3.85. The Morgan fingerprint density at radius 2 is 1.65 bits per heavy atom. The second-order valence-electron chi connectivity index (χ2n) is 4.73. The Morgan fingerprint density at radius 1 is 0.950 bits per heavy atom. The van der Waals surface area contributed by atoms with Crippen molar-refractivity contribution >= 4 is 34.1 Å². The first-order valence-corrected chi connectivity index (χ1v) is 7.05. The fourth-order valence-corrected chi connectivity index (χ4v) is 2.68. The quantitative estimate of drug-likeness (QED) is 0.758. The Hall–Kier alpha value is -1.48. The number of fused-ring (bicyclic) bond motifs is 1. The zero-order valence-corrected chi connectivity index (χ0v) is 12.2. The van der Waals surface area contributed by atoms with Crippen LogP contribution < -0.4 is 0 Å². The number of halogens is 2. The fraction of sp³-hybridized carbons (Fsp3) is 0.125. The summed E-state index contributed by atoms with van der Waals surface area (Å²) < 4.78 is 2.09. The van der Waals surface area contributed by atoms with Crippen molar-refractivity contribution in [3.8, 4) is 0 Å². The number of hydrogen-bond acceptors (Lipinski definition) is 1. The summed E-state index contributed by atoms with van der Waals surface area (Å²) in [5, 5.41) is 11.9. The molecule has 4 heteroatoms. The lowest BCUT2D eigenvalue weighted by atomic mass is 10.2. The van der Waals surface area contributed by atoms with Crippen LogP contribution in [-0.4, -0.2) is 9.67 Å². The van der Waals surface area contributed by atoms with Gasteiger partial charge < -0.3 is 9.67 Å². The van der Waals surface area contributed by atoms with Crippen molar-refractivity contribution < 1.29 is 5.11 Å². The summed E-state index contributed by atoms with van der Waals surface area (Å²) in [5.74, 6) is 0. The van der Waals surface area contributed by atoms with Gasteiger partial charge in [-0.15, -0.1) is 0 Å². The number of rotatable bonds is 3. The summed E-state index contributed by atoms with van der Waals surface area (Å²) in [7, 11) is 0. The molecule has 0 unspecified atom stereocenters. The highest BCUT2D eigenvalue weighted by Crippen LogP contribution is 2.26. The second-order valence-corrected chi connectivity index (χ2v) is 5.60. The highest BCUT2D eigenvalue weighted by molar-refractivity contribution is 6.31. The predicted octanol–water partition coefficient (Wildman–Crippen LogP) is 4.49. The maximum absolute atomic E-state index is 9.46. The van der Waals surface area contributed by atoms with Gasteiger partial charge in [0, 0.05) is 33.7 Å². The molecule has 1 heterocycles. The zero-order chi connectivity index (χ0) is 14.1. The van der Waals surface area contributed by atoms with Crippen LogP contribution in [0.15, 0.2) is 48.7 Å². The van der Waals surface area contributed by atoms with Crippen LogP contribution in [0.2, 0.25) is 10.0 Å². The average Bonchev–Trinajstić information content (AvgIpc) is 2.79. The van der Waals surface area contributed by atoms with Crippen LogP contribution >= 0.6 is 23.2 Å². The van der Waals surface area contributed by atoms with Gasteiger partial charge in [-0.05, 0) is 29.8 Å². The smallest absolute Gasteiger partial charge is 0.0702 e. The van der Waals surface area contributed by atoms with E-state index in [4.69, 9.17) is 23.2 Å². The van der Waals surface area contributed by atoms with Gasteiger partial charge in [0.1, 0.15) is 0 Å². The maximum atomic E-state index is 9.46. The molecule has 0 radical (unpaired) electrons. The van der Waals surface area contributed by atoms with Gasteiger partial charge in [0.15, 0.2) is 0 Å². The lowest BCUT2D eigenvalue weighted by Crippen LogP contribution is -1.97. The highest BCUT2D eigenvalue weighted by atomic mass is 35.5. The lowest BCUT2D eigenvalue weighted by molar-refractivity contribution is 0.283. The summed E-state index contributed by atoms with van der Waals surface area (Å²) in [5.41, 5.74) is 3.08. The largest absolute Gasteiger partial charge is 0.392 e. The Morgan fingerprint density at radius 3 is 2.35 bits per heavy atom. The maximum Gasteiger partial charge on any atom is 0.0702 e. The Balaban J connectivity index is 2.06. The van der Waals surface area contributed by atoms with Crippen LogP contribution in [0.5, 0.6) is 0 Å². The molecule has 0 spiro atoms. The molecule has 0 saturated carbocycles. The molecule has 2 aromatic carbocycles. The normalized spacial score (nSPS) is 11.2. The molecule has 0 fully saturated rings. The van der Waals surface area contributed by atoms with Crippen molar-refractivity contribution in [2.75, 3.05) is 0 Å². The van der Waals surface area contributed by atoms with E-state index in [1.807, 2.05) is 48.7 Å². The third kappa shape index (κ3) is 2.55. The first-order chi connectivity index (χ1) is 9.67. The Bertz CT molecular complexity index is 747. The molecule has 0 aliphatic carbocycles. The SMILES string of the molecule is OCc1cn(Cc2ccc(Cl)cc2)c2cc(Cl)ccc12. The molecule has 102 valence electrons. The molecule has 0 atom stereocenters. The van der Waals surface area contributed by atoms with E-state index in [0.717, 1.165) is 27.1 Å². The van der Waals surface area contributed by atoms with Gasteiger partial charge in [-0.25, -0.2) is 0 Å². The summed E-state index contributed by atoms with van der Waals surface area (Å²) in [6, 6.07) is 13.5. The number of nitrogens with zero attached hydrogens (tertiary/aromatic N) is 1. The van der Waals surface area contributed by atoms with Gasteiger partial charge in [-0.2, -0.15) is 0 Å². The van der Waals surface area contributed by atoms with Crippen molar-refractivity contribution in [1.29, 1.82) is 0 Å². The summed E-state index contributed by atoms with van der Waals surface area (Å²) in [6.45, 7) is 0.736. The van der Waals surface area contributed by atoms with E-state index < -0.39 is 0 Å². The average molecular weight is 306 g/mol. The number of benzene rings is 2. The molecule has 0 bridgehead atoms. The second kappa shape index (κ2) is 5.49. The van der Waals surface area contributed by atoms with Gasteiger partial charge in [0.25, 0.3) is 0 Å². The van der Waals surface area contributed by atoms with E-state index in [2.05, 4.69) is 4.57 Å². The van der Waals surface area contributed by atoms with Crippen LogP contribution in [0.3, 0.4) is 0 Å². The zero-order valence-electron chi connectivity index (χ0n) is 10.7. The van der Waals surface area contributed by atoms with E-state index in [1.54, 1.807) is 0 Å². The molecular weight excluding hydrogens is 293 g/mol. The fourth-order valence-electron chi connectivity index (χ4n) is 2.38. The summed E-state index contributed by atoms with van der Waals surface area (Å²) in [4.78, 5) is 0. The van der Waals surface area contributed by atoms with Crippen molar-refractivity contribution in [2.45, 2.75) is 13.2 Å². The van der Waals surface area contributed by atoms with E-state index in [-0.39, 0.29) is 6.61 Å². The topological polar surface area (TPSA) is 25.2 Å². The molecule has 2 nitrogen and oxygen atoms in total. The van der Waals surface area contributed by atoms with Gasteiger partial charge >= 0.3 is 0 Å². The van der Waals surface area contributed by atoms with Crippen molar-refractivity contribution in [2.24, 2.45) is 0 Å². The van der Waals surface area contributed by atoms with Gasteiger partial charge in [0.2, 0.25) is 0 Å². The van der Waals surface area contributed by atoms with Crippen LogP contribution in [0.25, 0.3) is 10.9 Å². The van der Waals surface area contributed by atoms with Gasteiger partial charge in [-0.3, -0.25) is 0 Å². The molecule has 20 heavy (non-hydrogen) atoms. The van der Waals surface area contributed by atoms with E-state index in [9.17, 15) is 5.11 Å².